The Morgan fingerprint density at radius 3 is 2.63 bits per heavy atom. The minimum Gasteiger partial charge on any atom is -0.484 e. The topological polar surface area (TPSA) is 71.0 Å². The van der Waals surface area contributed by atoms with Crippen LogP contribution in [0.25, 0.3) is 0 Å². The number of halogens is 2. The summed E-state index contributed by atoms with van der Waals surface area (Å²) in [5.41, 5.74) is 3.98. The quantitative estimate of drug-likeness (QED) is 0.559. The number of benzene rings is 2. The lowest BCUT2D eigenvalue weighted by atomic mass is 10.1. The number of nitrogens with zero attached hydrogens (tertiary/aromatic N) is 2. The highest BCUT2D eigenvalue weighted by Gasteiger charge is 2.11. The average Bonchev–Trinajstić information content (AvgIpc) is 2.64. The summed E-state index contributed by atoms with van der Waals surface area (Å²) in [4.78, 5) is 25.2. The fourth-order valence-corrected chi connectivity index (χ4v) is 2.55. The summed E-state index contributed by atoms with van der Waals surface area (Å²) in [5, 5.41) is 4.07. The zero-order valence-electron chi connectivity index (χ0n) is 15.1. The zero-order chi connectivity index (χ0) is 20.0. The monoisotopic (exact) mass is 435 g/mol. The number of rotatable bonds is 6. The van der Waals surface area contributed by atoms with Crippen LogP contribution in [-0.4, -0.2) is 43.1 Å². The molecule has 0 aliphatic carbocycles. The van der Waals surface area contributed by atoms with Gasteiger partial charge in [-0.2, -0.15) is 5.10 Å². The smallest absolute Gasteiger partial charge is 0.272 e. The van der Waals surface area contributed by atoms with Gasteiger partial charge in [-0.3, -0.25) is 9.59 Å². The minimum absolute atomic E-state index is 0.0675. The van der Waals surface area contributed by atoms with Crippen LogP contribution in [0.15, 0.2) is 52.0 Å². The lowest BCUT2D eigenvalue weighted by Gasteiger charge is -2.12. The molecule has 0 saturated heterocycles. The average molecular weight is 436 g/mol. The molecule has 2 aromatic rings. The highest BCUT2D eigenvalue weighted by Crippen LogP contribution is 2.18. The lowest BCUT2D eigenvalue weighted by Crippen LogP contribution is -2.27. The molecule has 0 fully saturated rings. The third-order valence-corrected chi connectivity index (χ3v) is 4.27. The van der Waals surface area contributed by atoms with E-state index in [1.54, 1.807) is 45.3 Å². The van der Waals surface area contributed by atoms with Crippen LogP contribution in [0.2, 0.25) is 0 Å². The molecule has 2 rings (SSSR count). The molecule has 1 N–H and O–H groups in total. The molecule has 0 unspecified atom stereocenters. The lowest BCUT2D eigenvalue weighted by molar-refractivity contribution is -0.130. The number of ether oxygens (including phenoxy) is 1. The van der Waals surface area contributed by atoms with Gasteiger partial charge in [0, 0.05) is 24.1 Å². The SMILES string of the molecule is C/C(=N\NC(=O)c1ccc(F)cc1Br)c1cccc(OCC(=O)N(C)C)c1. The van der Waals surface area contributed by atoms with Crippen LogP contribution in [0.1, 0.15) is 22.8 Å². The standard InChI is InChI=1S/C19H19BrFN3O3/c1-12(22-23-19(26)16-8-7-14(21)10-17(16)20)13-5-4-6-15(9-13)27-11-18(25)24(2)3/h4-10H,11H2,1-3H3,(H,23,26)/b22-12+. The van der Waals surface area contributed by atoms with Crippen LogP contribution in [0.4, 0.5) is 4.39 Å². The Hall–Kier alpha value is -2.74. The van der Waals surface area contributed by atoms with Crippen LogP contribution >= 0.6 is 15.9 Å². The van der Waals surface area contributed by atoms with E-state index in [0.717, 1.165) is 5.56 Å². The van der Waals surface area contributed by atoms with Crippen molar-refractivity contribution >= 4 is 33.5 Å². The summed E-state index contributed by atoms with van der Waals surface area (Å²) in [6.07, 6.45) is 0. The Balaban J connectivity index is 2.06. The predicted octanol–water partition coefficient (Wildman–Crippen LogP) is 3.21. The van der Waals surface area contributed by atoms with Crippen LogP contribution < -0.4 is 10.2 Å². The molecule has 27 heavy (non-hydrogen) atoms. The van der Waals surface area contributed by atoms with Gasteiger partial charge in [0.05, 0.1) is 11.3 Å². The third-order valence-electron chi connectivity index (χ3n) is 3.61. The Morgan fingerprint density at radius 1 is 1.22 bits per heavy atom. The van der Waals surface area contributed by atoms with Gasteiger partial charge < -0.3 is 9.64 Å². The second-order valence-electron chi connectivity index (χ2n) is 5.87. The Bertz CT molecular complexity index is 884. The first-order valence-corrected chi connectivity index (χ1v) is 8.80. The predicted molar refractivity (Wildman–Crippen MR) is 104 cm³/mol. The van der Waals surface area contributed by atoms with Crippen molar-refractivity contribution in [3.05, 3.63) is 63.9 Å². The van der Waals surface area contributed by atoms with Gasteiger partial charge in [0.2, 0.25) is 0 Å². The number of hydrogen-bond acceptors (Lipinski definition) is 4. The number of carbonyl (C=O) groups excluding carboxylic acids is 2. The summed E-state index contributed by atoms with van der Waals surface area (Å²) in [5.74, 6) is -0.541. The summed E-state index contributed by atoms with van der Waals surface area (Å²) in [6, 6.07) is 10.8. The fraction of sp³-hybridized carbons (Fsp3) is 0.211. The van der Waals surface area contributed by atoms with Gasteiger partial charge >= 0.3 is 0 Å². The van der Waals surface area contributed by atoms with Crippen LogP contribution in [0, 0.1) is 5.82 Å². The van der Waals surface area contributed by atoms with Gasteiger partial charge in [0.15, 0.2) is 6.61 Å². The molecular weight excluding hydrogens is 417 g/mol. The second kappa shape index (κ2) is 9.27. The van der Waals surface area contributed by atoms with E-state index in [9.17, 15) is 14.0 Å². The Kier molecular flexibility index (Phi) is 7.06. The molecule has 0 bridgehead atoms. The van der Waals surface area contributed by atoms with E-state index < -0.39 is 11.7 Å². The van der Waals surface area contributed by atoms with Crippen molar-refractivity contribution in [3.8, 4) is 5.75 Å². The first kappa shape index (κ1) is 20.6. The molecule has 2 aromatic carbocycles. The maximum atomic E-state index is 13.1. The van der Waals surface area contributed by atoms with E-state index in [4.69, 9.17) is 4.74 Å². The van der Waals surface area contributed by atoms with Crippen molar-refractivity contribution in [2.45, 2.75) is 6.92 Å². The number of carbonyl (C=O) groups is 2. The molecule has 0 aliphatic heterocycles. The van der Waals surface area contributed by atoms with E-state index >= 15 is 0 Å². The molecule has 0 aromatic heterocycles. The summed E-state index contributed by atoms with van der Waals surface area (Å²) >= 11 is 3.15. The maximum Gasteiger partial charge on any atom is 0.272 e. The molecule has 0 radical (unpaired) electrons. The van der Waals surface area contributed by atoms with E-state index in [1.165, 1.54) is 23.1 Å². The van der Waals surface area contributed by atoms with Crippen molar-refractivity contribution in [2.75, 3.05) is 20.7 Å². The van der Waals surface area contributed by atoms with Gasteiger partial charge in [-0.05, 0) is 53.2 Å². The van der Waals surface area contributed by atoms with Crippen LogP contribution in [0.5, 0.6) is 5.75 Å². The molecular formula is C19H19BrFN3O3. The van der Waals surface area contributed by atoms with Gasteiger partial charge in [-0.25, -0.2) is 9.82 Å². The van der Waals surface area contributed by atoms with Crippen molar-refractivity contribution in [1.82, 2.24) is 10.3 Å². The van der Waals surface area contributed by atoms with Gasteiger partial charge in [0.25, 0.3) is 11.8 Å². The number of amides is 2. The molecule has 0 aliphatic rings. The number of likely N-dealkylation sites (N-methyl/N-ethyl adjacent to an activating group) is 1. The first-order chi connectivity index (χ1) is 12.8. The van der Waals surface area contributed by atoms with Crippen molar-refractivity contribution in [2.24, 2.45) is 5.10 Å². The molecule has 0 saturated carbocycles. The second-order valence-corrected chi connectivity index (χ2v) is 6.72. The van der Waals surface area contributed by atoms with E-state index in [1.807, 2.05) is 0 Å². The van der Waals surface area contributed by atoms with Gasteiger partial charge in [0.1, 0.15) is 11.6 Å². The highest BCUT2D eigenvalue weighted by atomic mass is 79.9. The summed E-state index contributed by atoms with van der Waals surface area (Å²) in [6.45, 7) is 1.66. The molecule has 8 heteroatoms. The number of nitrogens with one attached hydrogen (secondary N) is 1. The Morgan fingerprint density at radius 2 is 1.96 bits per heavy atom. The molecule has 0 atom stereocenters. The maximum absolute atomic E-state index is 13.1. The van der Waals surface area contributed by atoms with Crippen LogP contribution in [-0.2, 0) is 4.79 Å². The fourth-order valence-electron chi connectivity index (χ4n) is 2.02. The first-order valence-electron chi connectivity index (χ1n) is 8.01. The zero-order valence-corrected chi connectivity index (χ0v) is 16.7. The largest absolute Gasteiger partial charge is 0.484 e. The minimum atomic E-state index is -0.467. The van der Waals surface area contributed by atoms with Gasteiger partial charge in [-0.15, -0.1) is 0 Å². The van der Waals surface area contributed by atoms with E-state index in [-0.39, 0.29) is 18.1 Å². The Labute approximate surface area is 165 Å². The molecule has 142 valence electrons. The normalized spacial score (nSPS) is 11.1. The third kappa shape index (κ3) is 5.89. The van der Waals surface area contributed by atoms with Crippen molar-refractivity contribution in [1.29, 1.82) is 0 Å². The number of hydrogen-bond donors (Lipinski definition) is 1. The van der Waals surface area contributed by atoms with Crippen molar-refractivity contribution in [3.63, 3.8) is 0 Å². The van der Waals surface area contributed by atoms with E-state index in [2.05, 4.69) is 26.5 Å². The van der Waals surface area contributed by atoms with Crippen molar-refractivity contribution < 1.29 is 18.7 Å². The number of hydrazone groups is 1. The van der Waals surface area contributed by atoms with E-state index in [0.29, 0.717) is 15.9 Å². The molecule has 6 nitrogen and oxygen atoms in total. The molecule has 0 spiro atoms. The summed E-state index contributed by atoms with van der Waals surface area (Å²) < 4.78 is 18.9. The molecule has 2 amide bonds. The molecule has 0 heterocycles. The van der Waals surface area contributed by atoms with Gasteiger partial charge in [-0.1, -0.05) is 12.1 Å². The van der Waals surface area contributed by atoms with Crippen LogP contribution in [0.3, 0.4) is 0 Å². The highest BCUT2D eigenvalue weighted by molar-refractivity contribution is 9.10. The summed E-state index contributed by atoms with van der Waals surface area (Å²) in [7, 11) is 3.31.